The van der Waals surface area contributed by atoms with Gasteiger partial charge in [-0.1, -0.05) is 30.4 Å². The lowest BCUT2D eigenvalue weighted by molar-refractivity contribution is 0.342. The predicted octanol–water partition coefficient (Wildman–Crippen LogP) is 1.48. The number of aromatic hydroxyl groups is 1. The zero-order valence-electron chi connectivity index (χ0n) is 6.77. The van der Waals surface area contributed by atoms with Crippen molar-refractivity contribution in [1.82, 2.24) is 0 Å². The van der Waals surface area contributed by atoms with Crippen LogP contribution in [-0.2, 0) is 6.42 Å². The minimum atomic E-state index is 0.0492. The van der Waals surface area contributed by atoms with E-state index < -0.39 is 0 Å². The normalized spacial score (nSPS) is 10.8. The number of aliphatic hydroxyl groups is 1. The highest BCUT2D eigenvalue weighted by Gasteiger charge is 1.94. The molecule has 12 heavy (non-hydrogen) atoms. The smallest absolute Gasteiger partial charge is 0.119 e. The fourth-order valence-corrected chi connectivity index (χ4v) is 0.968. The first kappa shape index (κ1) is 8.81. The highest BCUT2D eigenvalue weighted by atomic mass is 16.3. The quantitative estimate of drug-likeness (QED) is 0.664. The van der Waals surface area contributed by atoms with Crippen molar-refractivity contribution in [2.75, 3.05) is 6.61 Å². The highest BCUT2D eigenvalue weighted by Crippen LogP contribution is 2.15. The van der Waals surface area contributed by atoms with Crippen LogP contribution in [0, 0.1) is 0 Å². The molecule has 0 aliphatic rings. The van der Waals surface area contributed by atoms with Crippen molar-refractivity contribution in [3.63, 3.8) is 0 Å². The van der Waals surface area contributed by atoms with Crippen molar-refractivity contribution in [2.45, 2.75) is 6.42 Å². The Balaban J connectivity index is 2.63. The summed E-state index contributed by atoms with van der Waals surface area (Å²) in [6.07, 6.45) is 4.15. The summed E-state index contributed by atoms with van der Waals surface area (Å²) in [5.74, 6) is 0.306. The van der Waals surface area contributed by atoms with Crippen LogP contribution < -0.4 is 0 Å². The Labute approximate surface area is 71.8 Å². The molecule has 0 spiro atoms. The van der Waals surface area contributed by atoms with Gasteiger partial charge in [-0.25, -0.2) is 0 Å². The maximum absolute atomic E-state index is 9.31. The van der Waals surface area contributed by atoms with Crippen LogP contribution in [0.1, 0.15) is 5.56 Å². The molecule has 0 aliphatic heterocycles. The van der Waals surface area contributed by atoms with E-state index in [0.717, 1.165) is 5.56 Å². The molecule has 1 aromatic rings. The lowest BCUT2D eigenvalue weighted by Gasteiger charge is -1.98. The largest absolute Gasteiger partial charge is 0.508 e. The summed E-state index contributed by atoms with van der Waals surface area (Å²) in [4.78, 5) is 0. The lowest BCUT2D eigenvalue weighted by Crippen LogP contribution is -1.82. The molecule has 0 aromatic heterocycles. The first-order valence-corrected chi connectivity index (χ1v) is 3.87. The molecule has 0 amide bonds. The number of hydrogen-bond acceptors (Lipinski definition) is 2. The standard InChI is InChI=1S/C10H12O2/c11-8-4-3-6-9-5-1-2-7-10(9)12/h1-5,7,11-12H,6,8H2. The first-order valence-electron chi connectivity index (χ1n) is 3.87. The average molecular weight is 164 g/mol. The van der Waals surface area contributed by atoms with Crippen LogP contribution in [0.5, 0.6) is 5.75 Å². The van der Waals surface area contributed by atoms with E-state index in [4.69, 9.17) is 5.11 Å². The molecule has 0 unspecified atom stereocenters. The molecule has 0 saturated heterocycles. The molecule has 2 heteroatoms. The van der Waals surface area contributed by atoms with Crippen molar-refractivity contribution < 1.29 is 10.2 Å². The van der Waals surface area contributed by atoms with Gasteiger partial charge in [0.2, 0.25) is 0 Å². The SMILES string of the molecule is OCC=CCc1ccccc1O. The summed E-state index contributed by atoms with van der Waals surface area (Å²) in [6, 6.07) is 7.18. The zero-order valence-corrected chi connectivity index (χ0v) is 6.77. The summed E-state index contributed by atoms with van der Waals surface area (Å²) in [7, 11) is 0. The van der Waals surface area contributed by atoms with E-state index in [2.05, 4.69) is 0 Å². The van der Waals surface area contributed by atoms with Gasteiger partial charge in [0, 0.05) is 0 Å². The van der Waals surface area contributed by atoms with Gasteiger partial charge in [0.15, 0.2) is 0 Å². The number of allylic oxidation sites excluding steroid dienone is 1. The Kier molecular flexibility index (Phi) is 3.35. The van der Waals surface area contributed by atoms with E-state index >= 15 is 0 Å². The molecule has 0 bridgehead atoms. The highest BCUT2D eigenvalue weighted by molar-refractivity contribution is 5.33. The van der Waals surface area contributed by atoms with Crippen LogP contribution in [0.3, 0.4) is 0 Å². The van der Waals surface area contributed by atoms with E-state index in [-0.39, 0.29) is 6.61 Å². The van der Waals surface area contributed by atoms with Gasteiger partial charge in [-0.15, -0.1) is 0 Å². The zero-order chi connectivity index (χ0) is 8.81. The minimum Gasteiger partial charge on any atom is -0.508 e. The van der Waals surface area contributed by atoms with Crippen LogP contribution in [0.2, 0.25) is 0 Å². The Morgan fingerprint density at radius 1 is 1.17 bits per heavy atom. The molecule has 2 N–H and O–H groups in total. The fourth-order valence-electron chi connectivity index (χ4n) is 0.968. The van der Waals surface area contributed by atoms with Crippen LogP contribution in [0.4, 0.5) is 0 Å². The maximum atomic E-state index is 9.31. The van der Waals surface area contributed by atoms with Crippen molar-refractivity contribution in [1.29, 1.82) is 0 Å². The summed E-state index contributed by atoms with van der Waals surface area (Å²) in [5, 5.41) is 17.8. The Hall–Kier alpha value is -1.28. The Morgan fingerprint density at radius 2 is 1.92 bits per heavy atom. The van der Waals surface area contributed by atoms with E-state index in [0.29, 0.717) is 12.2 Å². The number of rotatable bonds is 3. The number of aliphatic hydroxyl groups excluding tert-OH is 1. The molecular formula is C10H12O2. The van der Waals surface area contributed by atoms with Gasteiger partial charge >= 0.3 is 0 Å². The second kappa shape index (κ2) is 4.57. The third-order valence-corrected chi connectivity index (χ3v) is 1.60. The van der Waals surface area contributed by atoms with E-state index in [1.165, 1.54) is 0 Å². The lowest BCUT2D eigenvalue weighted by atomic mass is 10.1. The second-order valence-corrected chi connectivity index (χ2v) is 2.49. The predicted molar refractivity (Wildman–Crippen MR) is 48.0 cm³/mol. The number of phenolic OH excluding ortho intramolecular Hbond substituents is 1. The van der Waals surface area contributed by atoms with Crippen LogP contribution >= 0.6 is 0 Å². The molecule has 64 valence electrons. The summed E-state index contributed by atoms with van der Waals surface area (Å²) in [5.41, 5.74) is 0.877. The van der Waals surface area contributed by atoms with Crippen molar-refractivity contribution in [3.8, 4) is 5.75 Å². The second-order valence-electron chi connectivity index (χ2n) is 2.49. The average Bonchev–Trinajstić information content (AvgIpc) is 2.09. The summed E-state index contributed by atoms with van der Waals surface area (Å²) >= 11 is 0. The molecule has 0 fully saturated rings. The summed E-state index contributed by atoms with van der Waals surface area (Å²) in [6.45, 7) is 0.0492. The monoisotopic (exact) mass is 164 g/mol. The van der Waals surface area contributed by atoms with Gasteiger partial charge in [-0.3, -0.25) is 0 Å². The number of phenols is 1. The molecule has 0 heterocycles. The first-order chi connectivity index (χ1) is 5.84. The molecular weight excluding hydrogens is 152 g/mol. The molecule has 0 saturated carbocycles. The Morgan fingerprint density at radius 3 is 2.58 bits per heavy atom. The molecule has 1 rings (SSSR count). The Bertz CT molecular complexity index is 266. The molecule has 2 nitrogen and oxygen atoms in total. The van der Waals surface area contributed by atoms with E-state index in [9.17, 15) is 5.11 Å². The number of hydrogen-bond donors (Lipinski definition) is 2. The molecule has 0 aliphatic carbocycles. The number of benzene rings is 1. The van der Waals surface area contributed by atoms with Gasteiger partial charge < -0.3 is 10.2 Å². The van der Waals surface area contributed by atoms with E-state index in [1.807, 2.05) is 18.2 Å². The van der Waals surface area contributed by atoms with E-state index in [1.54, 1.807) is 18.2 Å². The third kappa shape index (κ3) is 2.40. The van der Waals surface area contributed by atoms with Gasteiger partial charge in [0.05, 0.1) is 6.61 Å². The van der Waals surface area contributed by atoms with Crippen LogP contribution in [0.25, 0.3) is 0 Å². The van der Waals surface area contributed by atoms with Crippen LogP contribution in [0.15, 0.2) is 36.4 Å². The number of para-hydroxylation sites is 1. The minimum absolute atomic E-state index is 0.0492. The maximum Gasteiger partial charge on any atom is 0.119 e. The van der Waals surface area contributed by atoms with Gasteiger partial charge in [0.25, 0.3) is 0 Å². The van der Waals surface area contributed by atoms with Gasteiger partial charge in [-0.2, -0.15) is 0 Å². The third-order valence-electron chi connectivity index (χ3n) is 1.60. The van der Waals surface area contributed by atoms with Gasteiger partial charge in [0.1, 0.15) is 5.75 Å². The van der Waals surface area contributed by atoms with Crippen molar-refractivity contribution in [2.24, 2.45) is 0 Å². The molecule has 0 radical (unpaired) electrons. The molecule has 1 aromatic carbocycles. The van der Waals surface area contributed by atoms with Crippen LogP contribution in [-0.4, -0.2) is 16.8 Å². The van der Waals surface area contributed by atoms with Gasteiger partial charge in [-0.05, 0) is 18.1 Å². The summed E-state index contributed by atoms with van der Waals surface area (Å²) < 4.78 is 0. The molecule has 0 atom stereocenters. The fraction of sp³-hybridized carbons (Fsp3) is 0.200. The van der Waals surface area contributed by atoms with Crippen molar-refractivity contribution in [3.05, 3.63) is 42.0 Å². The van der Waals surface area contributed by atoms with Crippen molar-refractivity contribution >= 4 is 0 Å². The topological polar surface area (TPSA) is 40.5 Å².